The van der Waals surface area contributed by atoms with Crippen LogP contribution in [0.2, 0.25) is 0 Å². The van der Waals surface area contributed by atoms with Gasteiger partial charge < -0.3 is 25.8 Å². The van der Waals surface area contributed by atoms with Crippen LogP contribution < -0.4 is 25.8 Å². The van der Waals surface area contributed by atoms with Crippen LogP contribution in [0.25, 0.3) is 22.2 Å². The molecule has 0 amide bonds. The lowest BCUT2D eigenvalue weighted by Crippen LogP contribution is -2.33. The number of rotatable bonds is 4. The van der Waals surface area contributed by atoms with Gasteiger partial charge in [0, 0.05) is 24.2 Å². The van der Waals surface area contributed by atoms with Crippen molar-refractivity contribution in [3.05, 3.63) is 40.6 Å². The van der Waals surface area contributed by atoms with Gasteiger partial charge in [-0.15, -0.1) is 0 Å². The highest BCUT2D eigenvalue weighted by Gasteiger charge is 2.39. The van der Waals surface area contributed by atoms with E-state index in [9.17, 15) is 26.0 Å². The number of hydrogen-bond donors (Lipinski definition) is 3. The number of pyridine rings is 1. The molecular weight excluding hydrogens is 623 g/mol. The summed E-state index contributed by atoms with van der Waals surface area (Å²) < 4.78 is 111. The fraction of sp³-hybridized carbons (Fsp3) is 0.483. The Labute approximate surface area is 256 Å². The van der Waals surface area contributed by atoms with Gasteiger partial charge in [0.25, 0.3) is 0 Å². The summed E-state index contributed by atoms with van der Waals surface area (Å²) in [6.07, 6.45) is -1.80. The number of aromatic nitrogens is 3. The standard InChI is InChI=1S/C29H33F5N6O4S/c1-4-16-12-37-26-20-25(39-28(40-26)43-13-17-7-5-6-10-45(17,41)42)23(31)24(38-27(20)44-14(2)8-9-36-16)18-11-19(35)22(30)15(3)21(18)29(32,33)34/h4,11,14,17,36H,5-10,12-13,35H2,1-3H3,(H,37,39,40)/b16-4-/t14-,17?/m0/s1. The largest absolute Gasteiger partial charge is 0.474 e. The minimum Gasteiger partial charge on any atom is -0.474 e. The lowest BCUT2D eigenvalue weighted by Gasteiger charge is -2.22. The Hall–Kier alpha value is -3.95. The summed E-state index contributed by atoms with van der Waals surface area (Å²) in [6.45, 7) is 4.77. The van der Waals surface area contributed by atoms with E-state index in [1.165, 1.54) is 0 Å². The monoisotopic (exact) mass is 656 g/mol. The van der Waals surface area contributed by atoms with Crippen molar-refractivity contribution >= 4 is 32.2 Å². The van der Waals surface area contributed by atoms with Crippen LogP contribution in [0.3, 0.4) is 0 Å². The van der Waals surface area contributed by atoms with Gasteiger partial charge in [-0.2, -0.15) is 23.1 Å². The van der Waals surface area contributed by atoms with Crippen molar-refractivity contribution in [2.75, 3.05) is 36.5 Å². The molecule has 1 unspecified atom stereocenters. The Bertz CT molecular complexity index is 1770. The fourth-order valence-corrected chi connectivity index (χ4v) is 7.20. The summed E-state index contributed by atoms with van der Waals surface area (Å²) in [7, 11) is -3.43. The fourth-order valence-electron chi connectivity index (χ4n) is 5.45. The maximum absolute atomic E-state index is 16.5. The molecule has 4 heterocycles. The molecule has 2 aromatic heterocycles. The van der Waals surface area contributed by atoms with Gasteiger partial charge in [0.05, 0.1) is 34.9 Å². The van der Waals surface area contributed by atoms with Crippen molar-refractivity contribution in [3.8, 4) is 23.1 Å². The van der Waals surface area contributed by atoms with Crippen molar-refractivity contribution in [3.63, 3.8) is 0 Å². The van der Waals surface area contributed by atoms with Crippen molar-refractivity contribution in [1.29, 1.82) is 0 Å². The van der Waals surface area contributed by atoms with Crippen molar-refractivity contribution in [2.24, 2.45) is 0 Å². The molecule has 2 atom stereocenters. The molecule has 2 aliphatic heterocycles. The summed E-state index contributed by atoms with van der Waals surface area (Å²) in [6, 6.07) is 0.272. The number of anilines is 2. The van der Waals surface area contributed by atoms with Gasteiger partial charge in [-0.25, -0.2) is 22.2 Å². The van der Waals surface area contributed by atoms with Gasteiger partial charge >= 0.3 is 12.2 Å². The second-order valence-corrected chi connectivity index (χ2v) is 13.5. The third-order valence-electron chi connectivity index (χ3n) is 7.92. The Morgan fingerprint density at radius 2 is 1.89 bits per heavy atom. The number of nitrogens with two attached hydrogens (primary N) is 1. The van der Waals surface area contributed by atoms with E-state index in [2.05, 4.69) is 25.6 Å². The summed E-state index contributed by atoms with van der Waals surface area (Å²) in [4.78, 5) is 12.8. The van der Waals surface area contributed by atoms with E-state index < -0.39 is 78.6 Å². The van der Waals surface area contributed by atoms with Crippen LogP contribution in [0.15, 0.2) is 17.8 Å². The highest BCUT2D eigenvalue weighted by Crippen LogP contribution is 2.44. The number of hydrogen-bond acceptors (Lipinski definition) is 10. The van der Waals surface area contributed by atoms with E-state index in [0.29, 0.717) is 38.3 Å². The van der Waals surface area contributed by atoms with E-state index in [1.807, 2.05) is 13.0 Å². The quantitative estimate of drug-likeness (QED) is 0.250. The number of nitrogens with zero attached hydrogens (tertiary/aromatic N) is 3. The predicted octanol–water partition coefficient (Wildman–Crippen LogP) is 5.30. The second kappa shape index (κ2) is 12.4. The third-order valence-corrected chi connectivity index (χ3v) is 10.2. The molecule has 0 spiro atoms. The van der Waals surface area contributed by atoms with Gasteiger partial charge in [0.2, 0.25) is 5.88 Å². The number of nitrogens with one attached hydrogen (secondary N) is 2. The molecule has 0 saturated carbocycles. The molecule has 4 N–H and O–H groups in total. The van der Waals surface area contributed by atoms with Gasteiger partial charge in [-0.05, 0) is 45.2 Å². The maximum Gasteiger partial charge on any atom is 0.417 e. The Kier molecular flexibility index (Phi) is 8.97. The van der Waals surface area contributed by atoms with Crippen molar-refractivity contribution in [2.45, 2.75) is 64.0 Å². The summed E-state index contributed by atoms with van der Waals surface area (Å²) in [5.41, 5.74) is 1.44. The zero-order chi connectivity index (χ0) is 32.7. The summed E-state index contributed by atoms with van der Waals surface area (Å²) in [5, 5.41) is 5.42. The first-order chi connectivity index (χ1) is 21.2. The molecule has 1 saturated heterocycles. The molecule has 0 bridgehead atoms. The average Bonchev–Trinajstić information content (AvgIpc) is 2.99. The van der Waals surface area contributed by atoms with Crippen LogP contribution in [-0.2, 0) is 16.0 Å². The van der Waals surface area contributed by atoms with Gasteiger partial charge in [0.15, 0.2) is 15.7 Å². The average molecular weight is 657 g/mol. The maximum atomic E-state index is 16.5. The highest BCUT2D eigenvalue weighted by molar-refractivity contribution is 7.92. The van der Waals surface area contributed by atoms with Crippen LogP contribution in [0.5, 0.6) is 11.9 Å². The second-order valence-electron chi connectivity index (χ2n) is 11.1. The molecule has 0 radical (unpaired) electrons. The molecule has 5 rings (SSSR count). The van der Waals surface area contributed by atoms with Gasteiger partial charge in [-0.1, -0.05) is 12.5 Å². The van der Waals surface area contributed by atoms with Crippen molar-refractivity contribution in [1.82, 2.24) is 20.3 Å². The molecule has 45 heavy (non-hydrogen) atoms. The highest BCUT2D eigenvalue weighted by atomic mass is 32.2. The number of benzene rings is 1. The number of alkyl halides is 3. The van der Waals surface area contributed by atoms with Crippen LogP contribution >= 0.6 is 0 Å². The zero-order valence-corrected chi connectivity index (χ0v) is 25.6. The molecule has 1 fully saturated rings. The smallest absolute Gasteiger partial charge is 0.417 e. The lowest BCUT2D eigenvalue weighted by molar-refractivity contribution is -0.137. The van der Waals surface area contributed by atoms with Crippen LogP contribution in [0.4, 0.5) is 33.5 Å². The first kappa shape index (κ1) is 32.4. The van der Waals surface area contributed by atoms with Crippen LogP contribution in [0, 0.1) is 18.6 Å². The topological polar surface area (TPSA) is 141 Å². The first-order valence-electron chi connectivity index (χ1n) is 14.4. The molecule has 2 aliphatic rings. The molecular formula is C29H33F5N6O4S. The van der Waals surface area contributed by atoms with Gasteiger partial charge in [-0.3, -0.25) is 0 Å². The van der Waals surface area contributed by atoms with Crippen LogP contribution in [-0.4, -0.2) is 60.2 Å². The normalized spacial score (nSPS) is 21.4. The summed E-state index contributed by atoms with van der Waals surface area (Å²) in [5.74, 6) is -2.84. The number of sulfone groups is 1. The molecule has 0 aliphatic carbocycles. The third kappa shape index (κ3) is 6.56. The minimum atomic E-state index is -5.10. The summed E-state index contributed by atoms with van der Waals surface area (Å²) >= 11 is 0. The predicted molar refractivity (Wildman–Crippen MR) is 159 cm³/mol. The molecule has 3 aromatic rings. The van der Waals surface area contributed by atoms with Gasteiger partial charge in [0.1, 0.15) is 34.8 Å². The number of allylic oxidation sites excluding steroid dienone is 1. The zero-order valence-electron chi connectivity index (χ0n) is 24.8. The Morgan fingerprint density at radius 1 is 1.13 bits per heavy atom. The number of ether oxygens (including phenoxy) is 2. The van der Waals surface area contributed by atoms with E-state index >= 15 is 4.39 Å². The number of nitrogen functional groups attached to an aromatic ring is 1. The molecule has 244 valence electrons. The van der Waals surface area contributed by atoms with E-state index in [1.54, 1.807) is 6.92 Å². The van der Waals surface area contributed by atoms with Crippen LogP contribution in [0.1, 0.15) is 50.7 Å². The van der Waals surface area contributed by atoms with Crippen molar-refractivity contribution < 1.29 is 39.8 Å². The van der Waals surface area contributed by atoms with E-state index in [0.717, 1.165) is 12.6 Å². The Balaban J connectivity index is 1.76. The lowest BCUT2D eigenvalue weighted by atomic mass is 9.96. The number of halogens is 5. The minimum absolute atomic E-state index is 0.00412. The Morgan fingerprint density at radius 3 is 2.58 bits per heavy atom. The molecule has 16 heteroatoms. The van der Waals surface area contributed by atoms with E-state index in [-0.39, 0.29) is 36.0 Å². The molecule has 10 nitrogen and oxygen atoms in total. The van der Waals surface area contributed by atoms with E-state index in [4.69, 9.17) is 15.2 Å². The SMILES string of the molecule is C/C=C1/CNc2nc(OCC3CCCCS3(=O)=O)nc3c(F)c(-c4cc(N)c(F)c(C)c4C(F)(F)F)nc(c23)O[C@@H](C)CCN1. The molecule has 1 aromatic carbocycles. The first-order valence-corrected chi connectivity index (χ1v) is 16.1.